The van der Waals surface area contributed by atoms with Gasteiger partial charge in [-0.3, -0.25) is 9.69 Å². The van der Waals surface area contributed by atoms with Crippen molar-refractivity contribution in [3.05, 3.63) is 41.8 Å². The molecule has 4 aliphatic rings. The highest BCUT2D eigenvalue weighted by Crippen LogP contribution is 2.35. The van der Waals surface area contributed by atoms with Crippen molar-refractivity contribution in [1.29, 1.82) is 0 Å². The number of amides is 1. The third-order valence-corrected chi connectivity index (χ3v) is 6.60. The molecule has 1 amide bonds. The van der Waals surface area contributed by atoms with Gasteiger partial charge in [-0.15, -0.1) is 0 Å². The molecule has 28 heavy (non-hydrogen) atoms. The summed E-state index contributed by atoms with van der Waals surface area (Å²) in [7, 11) is 0. The zero-order valence-corrected chi connectivity index (χ0v) is 16.6. The number of aromatic nitrogens is 1. The number of carbonyl (C=O) groups excluding carboxylic acids is 1. The molecule has 0 spiro atoms. The molecule has 4 fully saturated rings. The largest absolute Gasteiger partial charge is 0.441 e. The van der Waals surface area contributed by atoms with Gasteiger partial charge in [0, 0.05) is 37.8 Å². The summed E-state index contributed by atoms with van der Waals surface area (Å²) in [4.78, 5) is 22.5. The van der Waals surface area contributed by atoms with Crippen LogP contribution >= 0.6 is 0 Å². The van der Waals surface area contributed by atoms with E-state index in [1.807, 2.05) is 37.3 Å². The summed E-state index contributed by atoms with van der Waals surface area (Å²) >= 11 is 0. The zero-order valence-electron chi connectivity index (χ0n) is 16.6. The lowest BCUT2D eigenvalue weighted by Gasteiger charge is -2.36. The van der Waals surface area contributed by atoms with Gasteiger partial charge in [0.05, 0.1) is 12.1 Å². The van der Waals surface area contributed by atoms with Crippen LogP contribution in [0.4, 0.5) is 0 Å². The van der Waals surface area contributed by atoms with Gasteiger partial charge in [0.2, 0.25) is 11.8 Å². The number of hydrogen-bond acceptors (Lipinski definition) is 4. The highest BCUT2D eigenvalue weighted by atomic mass is 16.4. The number of nitrogens with zero attached hydrogens (tertiary/aromatic N) is 3. The van der Waals surface area contributed by atoms with Crippen LogP contribution in [0.15, 0.2) is 34.7 Å². The van der Waals surface area contributed by atoms with E-state index in [4.69, 9.17) is 4.42 Å². The Bertz CT molecular complexity index is 843. The summed E-state index contributed by atoms with van der Waals surface area (Å²) in [6.07, 6.45) is 5.63. The zero-order chi connectivity index (χ0) is 19.1. The van der Waals surface area contributed by atoms with Gasteiger partial charge < -0.3 is 9.32 Å². The first-order valence-electron chi connectivity index (χ1n) is 10.7. The van der Waals surface area contributed by atoms with Gasteiger partial charge in [0.1, 0.15) is 5.76 Å². The number of carbonyl (C=O) groups is 1. The molecule has 6 rings (SSSR count). The molecule has 0 unspecified atom stereocenters. The van der Waals surface area contributed by atoms with Crippen LogP contribution in [0.1, 0.15) is 37.1 Å². The van der Waals surface area contributed by atoms with E-state index < -0.39 is 0 Å². The van der Waals surface area contributed by atoms with E-state index in [9.17, 15) is 4.79 Å². The molecule has 4 heterocycles. The molecule has 3 saturated heterocycles. The van der Waals surface area contributed by atoms with Crippen LogP contribution in [0.25, 0.3) is 11.5 Å². The van der Waals surface area contributed by atoms with E-state index in [-0.39, 0.29) is 5.91 Å². The first-order valence-corrected chi connectivity index (χ1v) is 10.7. The first-order chi connectivity index (χ1) is 13.7. The fraction of sp³-hybridized carbons (Fsp3) is 0.565. The second-order valence-corrected chi connectivity index (χ2v) is 8.86. The van der Waals surface area contributed by atoms with Crippen LogP contribution in [0.5, 0.6) is 0 Å². The number of rotatable bonds is 5. The summed E-state index contributed by atoms with van der Waals surface area (Å²) in [5, 5.41) is 0. The molecule has 148 valence electrons. The summed E-state index contributed by atoms with van der Waals surface area (Å²) < 4.78 is 5.85. The van der Waals surface area contributed by atoms with Crippen molar-refractivity contribution in [3.8, 4) is 11.5 Å². The Kier molecular flexibility index (Phi) is 4.71. The van der Waals surface area contributed by atoms with Crippen molar-refractivity contribution in [2.75, 3.05) is 26.2 Å². The smallest absolute Gasteiger partial charge is 0.228 e. The van der Waals surface area contributed by atoms with Crippen LogP contribution < -0.4 is 0 Å². The highest BCUT2D eigenvalue weighted by Gasteiger charge is 2.38. The number of piperidine rings is 1. The highest BCUT2D eigenvalue weighted by molar-refractivity contribution is 5.79. The molecule has 2 bridgehead atoms. The van der Waals surface area contributed by atoms with Crippen LogP contribution in [0.3, 0.4) is 0 Å². The molecular formula is C23H29N3O2. The van der Waals surface area contributed by atoms with Gasteiger partial charge in [0.15, 0.2) is 0 Å². The quantitative estimate of drug-likeness (QED) is 0.798. The maximum absolute atomic E-state index is 13.1. The van der Waals surface area contributed by atoms with Gasteiger partial charge in [0.25, 0.3) is 0 Å². The van der Waals surface area contributed by atoms with E-state index in [1.165, 1.54) is 38.8 Å². The van der Waals surface area contributed by atoms with Gasteiger partial charge in [-0.25, -0.2) is 4.98 Å². The maximum atomic E-state index is 13.1. The minimum Gasteiger partial charge on any atom is -0.441 e. The predicted molar refractivity (Wildman–Crippen MR) is 108 cm³/mol. The number of fused-ring (bicyclic) bond motifs is 4. The number of aryl methyl sites for hydroxylation is 1. The predicted octanol–water partition coefficient (Wildman–Crippen LogP) is 3.53. The van der Waals surface area contributed by atoms with Gasteiger partial charge in [-0.05, 0) is 56.6 Å². The lowest BCUT2D eigenvalue weighted by Crippen LogP contribution is -2.45. The molecule has 1 aromatic carbocycles. The third-order valence-electron chi connectivity index (χ3n) is 6.60. The van der Waals surface area contributed by atoms with Gasteiger partial charge >= 0.3 is 0 Å². The SMILES string of the molecule is Cc1oc(-c2ccccc2)nc1CC(=O)N1C[C@@H]2CC[C@H](C1)N(CC1CC1)C2. The summed E-state index contributed by atoms with van der Waals surface area (Å²) in [5.74, 6) is 3.09. The fourth-order valence-electron chi connectivity index (χ4n) is 4.79. The van der Waals surface area contributed by atoms with Crippen LogP contribution in [0.2, 0.25) is 0 Å². The molecule has 3 aliphatic heterocycles. The number of hydrogen-bond donors (Lipinski definition) is 0. The topological polar surface area (TPSA) is 49.6 Å². The third kappa shape index (κ3) is 3.72. The Labute approximate surface area is 166 Å². The van der Waals surface area contributed by atoms with Crippen LogP contribution in [-0.4, -0.2) is 52.9 Å². The molecule has 0 radical (unpaired) electrons. The molecule has 2 aromatic rings. The minimum absolute atomic E-state index is 0.196. The Morgan fingerprint density at radius 1 is 1.11 bits per heavy atom. The normalized spacial score (nSPS) is 25.1. The Balaban J connectivity index is 1.27. The lowest BCUT2D eigenvalue weighted by molar-refractivity contribution is -0.130. The second kappa shape index (κ2) is 7.36. The molecule has 1 saturated carbocycles. The molecule has 2 atom stereocenters. The summed E-state index contributed by atoms with van der Waals surface area (Å²) in [6.45, 7) is 6.10. The Hall–Kier alpha value is -2.14. The molecular weight excluding hydrogens is 350 g/mol. The van der Waals surface area contributed by atoms with E-state index in [2.05, 4.69) is 14.8 Å². The monoisotopic (exact) mass is 379 g/mol. The standard InChI is InChI=1S/C23H29N3O2/c1-16-21(24-23(28-16)19-5-3-2-4-6-19)11-22(27)26-14-18-9-10-20(15-26)25(13-18)12-17-7-8-17/h2-6,17-18,20H,7-15H2,1H3/t18-,20-/m1/s1. The van der Waals surface area contributed by atoms with Crippen molar-refractivity contribution in [2.45, 2.75) is 45.1 Å². The molecule has 1 aliphatic carbocycles. The van der Waals surface area contributed by atoms with Crippen LogP contribution in [-0.2, 0) is 11.2 Å². The van der Waals surface area contributed by atoms with E-state index in [0.717, 1.165) is 36.0 Å². The van der Waals surface area contributed by atoms with Crippen molar-refractivity contribution < 1.29 is 9.21 Å². The molecule has 5 nitrogen and oxygen atoms in total. The average molecular weight is 380 g/mol. The lowest BCUT2D eigenvalue weighted by atomic mass is 9.95. The van der Waals surface area contributed by atoms with Gasteiger partial charge in [-0.1, -0.05) is 18.2 Å². The molecule has 1 aromatic heterocycles. The molecule has 0 N–H and O–H groups in total. The fourth-order valence-corrected chi connectivity index (χ4v) is 4.79. The average Bonchev–Trinajstić information content (AvgIpc) is 3.50. The van der Waals surface area contributed by atoms with Crippen molar-refractivity contribution >= 4 is 5.91 Å². The van der Waals surface area contributed by atoms with Crippen molar-refractivity contribution in [3.63, 3.8) is 0 Å². The number of benzene rings is 1. The van der Waals surface area contributed by atoms with Crippen molar-refractivity contribution in [1.82, 2.24) is 14.8 Å². The number of oxazole rings is 1. The summed E-state index contributed by atoms with van der Waals surface area (Å²) in [6, 6.07) is 10.4. The second-order valence-electron chi connectivity index (χ2n) is 8.86. The van der Waals surface area contributed by atoms with E-state index in [0.29, 0.717) is 24.3 Å². The van der Waals surface area contributed by atoms with E-state index in [1.54, 1.807) is 0 Å². The Morgan fingerprint density at radius 3 is 2.71 bits per heavy atom. The van der Waals surface area contributed by atoms with E-state index >= 15 is 0 Å². The maximum Gasteiger partial charge on any atom is 0.228 e. The minimum atomic E-state index is 0.196. The van der Waals surface area contributed by atoms with Gasteiger partial charge in [-0.2, -0.15) is 0 Å². The summed E-state index contributed by atoms with van der Waals surface area (Å²) in [5.41, 5.74) is 1.73. The first kappa shape index (κ1) is 17.9. The van der Waals surface area contributed by atoms with Crippen molar-refractivity contribution in [2.24, 2.45) is 11.8 Å². The molecule has 5 heteroatoms. The Morgan fingerprint density at radius 2 is 1.93 bits per heavy atom. The van der Waals surface area contributed by atoms with Crippen LogP contribution in [0, 0.1) is 18.8 Å².